The van der Waals surface area contributed by atoms with E-state index in [1.54, 1.807) is 4.68 Å². The summed E-state index contributed by atoms with van der Waals surface area (Å²) in [6.07, 6.45) is 0. The maximum Gasteiger partial charge on any atom is 0.256 e. The molecule has 0 aliphatic heterocycles. The number of nitrogens with zero attached hydrogens (tertiary/aromatic N) is 5. The van der Waals surface area contributed by atoms with Gasteiger partial charge in [-0.3, -0.25) is 14.2 Å². The Balaban J connectivity index is 1.68. The van der Waals surface area contributed by atoms with Gasteiger partial charge in [-0.15, -0.1) is 0 Å². The molecule has 30 heavy (non-hydrogen) atoms. The Bertz CT molecular complexity index is 1280. The van der Waals surface area contributed by atoms with E-state index in [0.717, 1.165) is 33.8 Å². The van der Waals surface area contributed by atoms with Gasteiger partial charge in [-0.1, -0.05) is 29.8 Å². The number of amides is 1. The summed E-state index contributed by atoms with van der Waals surface area (Å²) < 4.78 is 3.65. The van der Waals surface area contributed by atoms with Gasteiger partial charge in [-0.2, -0.15) is 10.2 Å². The second-order valence-electron chi connectivity index (χ2n) is 7.87. The molecule has 154 valence electrons. The van der Waals surface area contributed by atoms with Crippen molar-refractivity contribution < 1.29 is 4.79 Å². The summed E-state index contributed by atoms with van der Waals surface area (Å²) in [6.45, 7) is 10.4. The van der Waals surface area contributed by atoms with Crippen LogP contribution in [0.5, 0.6) is 0 Å². The van der Waals surface area contributed by atoms with E-state index in [1.807, 2.05) is 51.6 Å². The first-order chi connectivity index (χ1) is 14.2. The molecule has 0 radical (unpaired) electrons. The molecule has 4 rings (SSSR count). The molecule has 0 saturated heterocycles. The summed E-state index contributed by atoms with van der Waals surface area (Å²) in [5.41, 5.74) is 7.70. The number of pyridine rings is 1. The lowest BCUT2D eigenvalue weighted by Crippen LogP contribution is -2.15. The molecule has 1 amide bonds. The fourth-order valence-electron chi connectivity index (χ4n) is 3.95. The minimum Gasteiger partial charge on any atom is -0.319 e. The summed E-state index contributed by atoms with van der Waals surface area (Å²) in [5, 5.41) is 13.0. The molecule has 0 unspecified atom stereocenters. The van der Waals surface area contributed by atoms with Crippen LogP contribution in [-0.4, -0.2) is 30.5 Å². The topological polar surface area (TPSA) is 77.6 Å². The molecule has 3 heterocycles. The van der Waals surface area contributed by atoms with Gasteiger partial charge in [0.25, 0.3) is 5.91 Å². The van der Waals surface area contributed by atoms with Gasteiger partial charge in [-0.05, 0) is 46.2 Å². The number of aryl methyl sites for hydroxylation is 5. The zero-order valence-electron chi connectivity index (χ0n) is 18.2. The van der Waals surface area contributed by atoms with Gasteiger partial charge in [0.15, 0.2) is 5.65 Å². The van der Waals surface area contributed by atoms with Crippen molar-refractivity contribution in [1.29, 1.82) is 0 Å². The van der Waals surface area contributed by atoms with Crippen molar-refractivity contribution in [3.63, 3.8) is 0 Å². The van der Waals surface area contributed by atoms with E-state index < -0.39 is 0 Å². The first-order valence-corrected chi connectivity index (χ1v) is 9.96. The highest BCUT2D eigenvalue weighted by Crippen LogP contribution is 2.25. The van der Waals surface area contributed by atoms with Crippen LogP contribution in [0.3, 0.4) is 0 Å². The molecule has 7 heteroatoms. The molecule has 7 nitrogen and oxygen atoms in total. The standard InChI is InChI=1S/C23H26N6O/c1-13-8-7-9-18(10-13)12-29-17(5)21(16(4)27-29)25-23(30)19-11-14(2)24-22-20(19)15(3)26-28(22)6/h7-11H,12H2,1-6H3,(H,25,30). The van der Waals surface area contributed by atoms with E-state index in [0.29, 0.717) is 17.8 Å². The molecule has 0 atom stereocenters. The van der Waals surface area contributed by atoms with Gasteiger partial charge in [0.05, 0.1) is 40.3 Å². The highest BCUT2D eigenvalue weighted by atomic mass is 16.1. The van der Waals surface area contributed by atoms with E-state index in [9.17, 15) is 4.79 Å². The quantitative estimate of drug-likeness (QED) is 0.560. The van der Waals surface area contributed by atoms with Crippen LogP contribution in [0.2, 0.25) is 0 Å². The number of aromatic nitrogens is 5. The normalized spacial score (nSPS) is 11.3. The van der Waals surface area contributed by atoms with Crippen LogP contribution in [0.4, 0.5) is 5.69 Å². The zero-order chi connectivity index (χ0) is 21.6. The van der Waals surface area contributed by atoms with E-state index >= 15 is 0 Å². The molecular formula is C23H26N6O. The summed E-state index contributed by atoms with van der Waals surface area (Å²) in [4.78, 5) is 17.8. The van der Waals surface area contributed by atoms with Crippen LogP contribution in [0, 0.1) is 34.6 Å². The Morgan fingerprint density at radius 3 is 2.53 bits per heavy atom. The minimum atomic E-state index is -0.178. The lowest BCUT2D eigenvalue weighted by molar-refractivity contribution is 0.102. The average molecular weight is 403 g/mol. The Morgan fingerprint density at radius 1 is 1.03 bits per heavy atom. The lowest BCUT2D eigenvalue weighted by atomic mass is 10.1. The maximum atomic E-state index is 13.2. The average Bonchev–Trinajstić information content (AvgIpc) is 3.11. The van der Waals surface area contributed by atoms with Gasteiger partial charge in [0.1, 0.15) is 0 Å². The number of fused-ring (bicyclic) bond motifs is 1. The van der Waals surface area contributed by atoms with E-state index in [4.69, 9.17) is 0 Å². The van der Waals surface area contributed by atoms with Gasteiger partial charge in [0, 0.05) is 12.7 Å². The van der Waals surface area contributed by atoms with Crippen molar-refractivity contribution in [3.8, 4) is 0 Å². The molecule has 0 fully saturated rings. The molecule has 4 aromatic rings. The van der Waals surface area contributed by atoms with Crippen molar-refractivity contribution in [1.82, 2.24) is 24.5 Å². The Morgan fingerprint density at radius 2 is 1.80 bits per heavy atom. The van der Waals surface area contributed by atoms with Crippen molar-refractivity contribution in [2.45, 2.75) is 41.2 Å². The highest BCUT2D eigenvalue weighted by molar-refractivity contribution is 6.13. The first kappa shape index (κ1) is 19.8. The summed E-state index contributed by atoms with van der Waals surface area (Å²) in [6, 6.07) is 10.2. The highest BCUT2D eigenvalue weighted by Gasteiger charge is 2.20. The zero-order valence-corrected chi connectivity index (χ0v) is 18.2. The third-order valence-corrected chi connectivity index (χ3v) is 5.38. The van der Waals surface area contributed by atoms with Crippen molar-refractivity contribution in [3.05, 3.63) is 69.8 Å². The second-order valence-corrected chi connectivity index (χ2v) is 7.87. The predicted molar refractivity (Wildman–Crippen MR) is 118 cm³/mol. The van der Waals surface area contributed by atoms with Crippen LogP contribution < -0.4 is 5.32 Å². The van der Waals surface area contributed by atoms with Gasteiger partial charge in [-0.25, -0.2) is 4.98 Å². The van der Waals surface area contributed by atoms with Crippen LogP contribution >= 0.6 is 0 Å². The third kappa shape index (κ3) is 3.47. The lowest BCUT2D eigenvalue weighted by Gasteiger charge is -2.09. The number of carbonyl (C=O) groups excluding carboxylic acids is 1. The van der Waals surface area contributed by atoms with Crippen LogP contribution in [0.15, 0.2) is 30.3 Å². The number of anilines is 1. The van der Waals surface area contributed by atoms with Crippen LogP contribution in [0.25, 0.3) is 11.0 Å². The van der Waals surface area contributed by atoms with Gasteiger partial charge < -0.3 is 5.32 Å². The largest absolute Gasteiger partial charge is 0.319 e. The van der Waals surface area contributed by atoms with Gasteiger partial charge >= 0.3 is 0 Å². The third-order valence-electron chi connectivity index (χ3n) is 5.38. The number of nitrogens with one attached hydrogen (secondary N) is 1. The summed E-state index contributed by atoms with van der Waals surface area (Å²) in [7, 11) is 1.84. The molecule has 0 bridgehead atoms. The van der Waals surface area contributed by atoms with Crippen LogP contribution in [0.1, 0.15) is 44.3 Å². The Kier molecular flexibility index (Phi) is 4.89. The van der Waals surface area contributed by atoms with Crippen molar-refractivity contribution in [2.75, 3.05) is 5.32 Å². The monoisotopic (exact) mass is 402 g/mol. The minimum absolute atomic E-state index is 0.178. The fraction of sp³-hybridized carbons (Fsp3) is 0.304. The Hall–Kier alpha value is -3.48. The fourth-order valence-corrected chi connectivity index (χ4v) is 3.95. The molecule has 0 saturated carbocycles. The molecule has 0 spiro atoms. The number of carbonyl (C=O) groups is 1. The number of rotatable bonds is 4. The van der Waals surface area contributed by atoms with Crippen molar-refractivity contribution >= 4 is 22.6 Å². The number of hydrogen-bond donors (Lipinski definition) is 1. The molecule has 1 aromatic carbocycles. The summed E-state index contributed by atoms with van der Waals surface area (Å²) >= 11 is 0. The molecule has 0 aliphatic rings. The molecule has 1 N–H and O–H groups in total. The SMILES string of the molecule is Cc1cccc(Cn2nc(C)c(NC(=O)c3cc(C)nc4c3c(C)nn4C)c2C)c1. The molecule has 3 aromatic heterocycles. The molecular weight excluding hydrogens is 376 g/mol. The first-order valence-electron chi connectivity index (χ1n) is 9.96. The van der Waals surface area contributed by atoms with E-state index in [2.05, 4.69) is 45.6 Å². The summed E-state index contributed by atoms with van der Waals surface area (Å²) in [5.74, 6) is -0.178. The second kappa shape index (κ2) is 7.40. The Labute approximate surface area is 175 Å². The van der Waals surface area contributed by atoms with Gasteiger partial charge in [0.2, 0.25) is 0 Å². The van der Waals surface area contributed by atoms with E-state index in [1.165, 1.54) is 11.1 Å². The maximum absolute atomic E-state index is 13.2. The van der Waals surface area contributed by atoms with Crippen molar-refractivity contribution in [2.24, 2.45) is 7.05 Å². The number of hydrogen-bond acceptors (Lipinski definition) is 4. The van der Waals surface area contributed by atoms with Crippen LogP contribution in [-0.2, 0) is 13.6 Å². The van der Waals surface area contributed by atoms with E-state index in [-0.39, 0.29) is 5.91 Å². The molecule has 0 aliphatic carbocycles. The number of benzene rings is 1. The smallest absolute Gasteiger partial charge is 0.256 e. The predicted octanol–water partition coefficient (Wildman–Crippen LogP) is 4.01.